The predicted octanol–water partition coefficient (Wildman–Crippen LogP) is 1.12. The molecule has 5 nitrogen and oxygen atoms in total. The maximum Gasteiger partial charge on any atom is 0.238 e. The first-order valence-corrected chi connectivity index (χ1v) is 6.89. The molecule has 0 saturated carbocycles. The van der Waals surface area contributed by atoms with Crippen molar-refractivity contribution in [2.75, 3.05) is 32.0 Å². The van der Waals surface area contributed by atoms with Gasteiger partial charge in [-0.1, -0.05) is 0 Å². The zero-order valence-corrected chi connectivity index (χ0v) is 12.0. The Morgan fingerprint density at radius 2 is 2.00 bits per heavy atom. The largest absolute Gasteiger partial charge is 0.325 e. The average molecular weight is 275 g/mol. The molecule has 0 radical (unpaired) electrons. The Hall–Kier alpha value is -1.72. The summed E-state index contributed by atoms with van der Waals surface area (Å²) in [6.07, 6.45) is 1.08. The van der Waals surface area contributed by atoms with Crippen LogP contribution in [0.15, 0.2) is 24.3 Å². The summed E-state index contributed by atoms with van der Waals surface area (Å²) in [6, 6.07) is 7.46. The van der Waals surface area contributed by atoms with Crippen molar-refractivity contribution in [3.63, 3.8) is 0 Å². The Morgan fingerprint density at radius 1 is 1.30 bits per heavy atom. The third kappa shape index (κ3) is 3.88. The van der Waals surface area contributed by atoms with Crippen molar-refractivity contribution in [1.29, 1.82) is 0 Å². The van der Waals surface area contributed by atoms with Crippen molar-refractivity contribution in [3.05, 3.63) is 29.8 Å². The van der Waals surface area contributed by atoms with E-state index in [2.05, 4.69) is 15.5 Å². The fourth-order valence-corrected chi connectivity index (χ4v) is 2.40. The van der Waals surface area contributed by atoms with Crippen LogP contribution in [0, 0.1) is 0 Å². The molecule has 1 aromatic rings. The minimum atomic E-state index is -0.0164. The third-order valence-corrected chi connectivity index (χ3v) is 3.62. The number of likely N-dealkylation sites (tertiary alicyclic amines) is 1. The first kappa shape index (κ1) is 14.7. The molecule has 2 N–H and O–H groups in total. The summed E-state index contributed by atoms with van der Waals surface area (Å²) in [7, 11) is 1.95. The van der Waals surface area contributed by atoms with Crippen LogP contribution < -0.4 is 10.6 Å². The summed E-state index contributed by atoms with van der Waals surface area (Å²) >= 11 is 0. The average Bonchev–Trinajstić information content (AvgIpc) is 2.86. The number of nitrogens with one attached hydrogen (secondary N) is 2. The summed E-state index contributed by atoms with van der Waals surface area (Å²) in [6.45, 7) is 3.79. The quantitative estimate of drug-likeness (QED) is 0.791. The molecule has 1 aromatic carbocycles. The smallest absolute Gasteiger partial charge is 0.238 e. The first-order chi connectivity index (χ1) is 9.58. The molecule has 0 aromatic heterocycles. The molecule has 1 unspecified atom stereocenters. The van der Waals surface area contributed by atoms with Crippen molar-refractivity contribution in [2.45, 2.75) is 19.4 Å². The molecule has 1 aliphatic heterocycles. The number of hydrogen-bond acceptors (Lipinski definition) is 4. The van der Waals surface area contributed by atoms with Crippen molar-refractivity contribution < 1.29 is 9.59 Å². The molecule has 1 fully saturated rings. The number of hydrogen-bond donors (Lipinski definition) is 2. The summed E-state index contributed by atoms with van der Waals surface area (Å²) in [4.78, 5) is 25.2. The predicted molar refractivity (Wildman–Crippen MR) is 79.0 cm³/mol. The summed E-state index contributed by atoms with van der Waals surface area (Å²) in [5, 5.41) is 6.08. The van der Waals surface area contributed by atoms with Crippen molar-refractivity contribution in [1.82, 2.24) is 10.2 Å². The van der Waals surface area contributed by atoms with Crippen LogP contribution in [0.25, 0.3) is 0 Å². The highest BCUT2D eigenvalue weighted by Crippen LogP contribution is 2.11. The Kier molecular flexibility index (Phi) is 4.87. The van der Waals surface area contributed by atoms with E-state index in [9.17, 15) is 9.59 Å². The molecule has 5 heteroatoms. The van der Waals surface area contributed by atoms with E-state index in [0.717, 1.165) is 25.2 Å². The minimum Gasteiger partial charge on any atom is -0.325 e. The van der Waals surface area contributed by atoms with E-state index in [-0.39, 0.29) is 11.7 Å². The number of ketones is 1. The zero-order chi connectivity index (χ0) is 14.5. The van der Waals surface area contributed by atoms with E-state index in [0.29, 0.717) is 18.2 Å². The van der Waals surface area contributed by atoms with E-state index < -0.39 is 0 Å². The van der Waals surface area contributed by atoms with E-state index in [1.165, 1.54) is 6.92 Å². The van der Waals surface area contributed by atoms with Crippen LogP contribution in [0.2, 0.25) is 0 Å². The number of amides is 1. The number of nitrogens with zero attached hydrogens (tertiary/aromatic N) is 1. The highest BCUT2D eigenvalue weighted by Gasteiger charge is 2.22. The second kappa shape index (κ2) is 6.63. The Bertz CT molecular complexity index is 484. The van der Waals surface area contributed by atoms with Gasteiger partial charge in [-0.3, -0.25) is 14.5 Å². The van der Waals surface area contributed by atoms with Gasteiger partial charge in [-0.25, -0.2) is 0 Å². The van der Waals surface area contributed by atoms with Gasteiger partial charge in [0.25, 0.3) is 0 Å². The lowest BCUT2D eigenvalue weighted by molar-refractivity contribution is -0.117. The van der Waals surface area contributed by atoms with E-state index in [1.54, 1.807) is 24.3 Å². The lowest BCUT2D eigenvalue weighted by Gasteiger charge is -2.15. The van der Waals surface area contributed by atoms with Gasteiger partial charge in [0.15, 0.2) is 5.78 Å². The zero-order valence-electron chi connectivity index (χ0n) is 12.0. The molecule has 1 aliphatic rings. The molecular weight excluding hydrogens is 254 g/mol. The molecule has 1 atom stereocenters. The normalized spacial score (nSPS) is 19.0. The van der Waals surface area contributed by atoms with Crippen LogP contribution in [-0.2, 0) is 4.79 Å². The lowest BCUT2D eigenvalue weighted by Crippen LogP contribution is -2.34. The number of rotatable bonds is 5. The van der Waals surface area contributed by atoms with Crippen molar-refractivity contribution in [2.24, 2.45) is 0 Å². The summed E-state index contributed by atoms with van der Waals surface area (Å²) in [5.74, 6) is 0.00961. The number of carbonyl (C=O) groups is 2. The van der Waals surface area contributed by atoms with Gasteiger partial charge in [-0.2, -0.15) is 0 Å². The number of likely N-dealkylation sites (N-methyl/N-ethyl adjacent to an activating group) is 1. The monoisotopic (exact) mass is 275 g/mol. The van der Waals surface area contributed by atoms with Crippen molar-refractivity contribution >= 4 is 17.4 Å². The van der Waals surface area contributed by atoms with Gasteiger partial charge in [0.2, 0.25) is 5.91 Å². The first-order valence-electron chi connectivity index (χ1n) is 6.89. The summed E-state index contributed by atoms with van der Waals surface area (Å²) < 4.78 is 0. The molecule has 20 heavy (non-hydrogen) atoms. The van der Waals surface area contributed by atoms with Crippen LogP contribution in [-0.4, -0.2) is 49.3 Å². The van der Waals surface area contributed by atoms with Crippen LogP contribution in [0.4, 0.5) is 5.69 Å². The molecule has 0 bridgehead atoms. The maximum atomic E-state index is 11.9. The highest BCUT2D eigenvalue weighted by atomic mass is 16.2. The van der Waals surface area contributed by atoms with Gasteiger partial charge in [-0.05, 0) is 44.7 Å². The van der Waals surface area contributed by atoms with Crippen LogP contribution in [0.1, 0.15) is 23.7 Å². The standard InChI is InChI=1S/C15H21N3O2/c1-11(19)12-3-5-13(6-4-12)17-15(20)10-18-8-7-14(9-18)16-2/h3-6,14,16H,7-10H2,1-2H3,(H,17,20). The van der Waals surface area contributed by atoms with Crippen LogP contribution >= 0.6 is 0 Å². The molecule has 1 heterocycles. The van der Waals surface area contributed by atoms with E-state index in [4.69, 9.17) is 0 Å². The second-order valence-corrected chi connectivity index (χ2v) is 5.19. The van der Waals surface area contributed by atoms with Gasteiger partial charge in [0, 0.05) is 30.4 Å². The highest BCUT2D eigenvalue weighted by molar-refractivity contribution is 5.96. The molecule has 2 rings (SSSR count). The number of anilines is 1. The van der Waals surface area contributed by atoms with E-state index >= 15 is 0 Å². The maximum absolute atomic E-state index is 11.9. The number of Topliss-reactive ketones (excluding diaryl/α,β-unsaturated/α-hetero) is 1. The molecule has 0 aliphatic carbocycles. The topological polar surface area (TPSA) is 61.4 Å². The second-order valence-electron chi connectivity index (χ2n) is 5.19. The van der Waals surface area contributed by atoms with Gasteiger partial charge in [0.1, 0.15) is 0 Å². The number of benzene rings is 1. The number of carbonyl (C=O) groups excluding carboxylic acids is 2. The Morgan fingerprint density at radius 3 is 2.55 bits per heavy atom. The Balaban J connectivity index is 1.84. The van der Waals surface area contributed by atoms with Crippen LogP contribution in [0.3, 0.4) is 0 Å². The van der Waals surface area contributed by atoms with Gasteiger partial charge in [0.05, 0.1) is 6.54 Å². The molecule has 108 valence electrons. The minimum absolute atomic E-state index is 0.0164. The molecule has 0 spiro atoms. The Labute approximate surface area is 119 Å². The van der Waals surface area contributed by atoms with Crippen molar-refractivity contribution in [3.8, 4) is 0 Å². The lowest BCUT2D eigenvalue weighted by atomic mass is 10.1. The SMILES string of the molecule is CNC1CCN(CC(=O)Nc2ccc(C(C)=O)cc2)C1. The van der Waals surface area contributed by atoms with Gasteiger partial charge in [-0.15, -0.1) is 0 Å². The third-order valence-electron chi connectivity index (χ3n) is 3.62. The fraction of sp³-hybridized carbons (Fsp3) is 0.467. The fourth-order valence-electron chi connectivity index (χ4n) is 2.40. The molecular formula is C15H21N3O2. The summed E-state index contributed by atoms with van der Waals surface area (Å²) in [5.41, 5.74) is 1.38. The van der Waals surface area contributed by atoms with Gasteiger partial charge < -0.3 is 10.6 Å². The van der Waals surface area contributed by atoms with Crippen LogP contribution in [0.5, 0.6) is 0 Å². The molecule has 1 amide bonds. The van der Waals surface area contributed by atoms with E-state index in [1.807, 2.05) is 7.05 Å². The van der Waals surface area contributed by atoms with Gasteiger partial charge >= 0.3 is 0 Å². The molecule has 1 saturated heterocycles.